The smallest absolute Gasteiger partial charge is 0.211 e. The number of rotatable bonds is 1. The first kappa shape index (κ1) is 15.3. The van der Waals surface area contributed by atoms with Crippen molar-refractivity contribution in [2.24, 2.45) is 0 Å². The summed E-state index contributed by atoms with van der Waals surface area (Å²) in [4.78, 5) is 2.21. The highest BCUT2D eigenvalue weighted by Crippen LogP contribution is 2.54. The van der Waals surface area contributed by atoms with Gasteiger partial charge in [0.25, 0.3) is 0 Å². The first-order valence-electron chi connectivity index (χ1n) is 8.37. The van der Waals surface area contributed by atoms with E-state index in [9.17, 15) is 5.11 Å². The summed E-state index contributed by atoms with van der Waals surface area (Å²) < 4.78 is 6.65. The SMILES string of the molecule is Cc1cc2c(c(CO)c1)O[C@@]1(C=C2)N(C)c2ccccc2C1(C)C. The van der Waals surface area contributed by atoms with Gasteiger partial charge in [0.15, 0.2) is 0 Å². The number of ether oxygens (including phenoxy) is 1. The molecule has 3 nitrogen and oxygen atoms in total. The van der Waals surface area contributed by atoms with Gasteiger partial charge in [0.2, 0.25) is 5.72 Å². The molecule has 24 heavy (non-hydrogen) atoms. The lowest BCUT2D eigenvalue weighted by Gasteiger charge is -2.46. The Morgan fingerprint density at radius 2 is 1.92 bits per heavy atom. The van der Waals surface area contributed by atoms with Crippen molar-refractivity contribution in [3.63, 3.8) is 0 Å². The largest absolute Gasteiger partial charge is 0.462 e. The van der Waals surface area contributed by atoms with Crippen LogP contribution in [0.2, 0.25) is 0 Å². The second-order valence-electron chi connectivity index (χ2n) is 7.33. The second kappa shape index (κ2) is 4.87. The minimum Gasteiger partial charge on any atom is -0.462 e. The van der Waals surface area contributed by atoms with Crippen molar-refractivity contribution in [3.05, 3.63) is 64.7 Å². The molecule has 3 heteroatoms. The minimum atomic E-state index is -0.594. The Balaban J connectivity index is 1.91. The van der Waals surface area contributed by atoms with Crippen LogP contribution in [0.3, 0.4) is 0 Å². The summed E-state index contributed by atoms with van der Waals surface area (Å²) in [6.45, 7) is 6.46. The van der Waals surface area contributed by atoms with Gasteiger partial charge in [-0.1, -0.05) is 24.3 Å². The van der Waals surface area contributed by atoms with Gasteiger partial charge in [0.05, 0.1) is 12.0 Å². The van der Waals surface area contributed by atoms with Gasteiger partial charge in [0, 0.05) is 23.9 Å². The Kier molecular flexibility index (Phi) is 3.10. The monoisotopic (exact) mass is 321 g/mol. The van der Waals surface area contributed by atoms with Gasteiger partial charge >= 0.3 is 0 Å². The van der Waals surface area contributed by atoms with Crippen LogP contribution in [0.1, 0.15) is 36.1 Å². The standard InChI is InChI=1S/C21H23NO2/c1-14-11-15-9-10-21(24-19(15)16(12-14)13-23)20(2,3)17-7-5-6-8-18(17)22(21)4/h5-12,23H,13H2,1-4H3/t21-/m1/s1. The van der Waals surface area contributed by atoms with Crippen LogP contribution in [-0.4, -0.2) is 17.9 Å². The van der Waals surface area contributed by atoms with Gasteiger partial charge in [-0.05, 0) is 56.2 Å². The average molecular weight is 321 g/mol. The Morgan fingerprint density at radius 1 is 1.17 bits per heavy atom. The minimum absolute atomic E-state index is 0.0228. The molecule has 0 saturated heterocycles. The summed E-state index contributed by atoms with van der Waals surface area (Å²) >= 11 is 0. The zero-order chi connectivity index (χ0) is 17.1. The molecule has 2 aliphatic heterocycles. The Hall–Kier alpha value is -2.26. The summed E-state index contributed by atoms with van der Waals surface area (Å²) in [6.07, 6.45) is 4.30. The number of nitrogens with zero attached hydrogens (tertiary/aromatic N) is 1. The summed E-state index contributed by atoms with van der Waals surface area (Å²) in [5, 5.41) is 9.80. The van der Waals surface area contributed by atoms with Gasteiger partial charge in [-0.3, -0.25) is 0 Å². The highest BCUT2D eigenvalue weighted by Gasteiger charge is 2.57. The number of aliphatic hydroxyl groups excluding tert-OH is 1. The van der Waals surface area contributed by atoms with E-state index in [1.807, 2.05) is 13.0 Å². The van der Waals surface area contributed by atoms with E-state index >= 15 is 0 Å². The van der Waals surface area contributed by atoms with E-state index in [4.69, 9.17) is 4.74 Å². The fraction of sp³-hybridized carbons (Fsp3) is 0.333. The van der Waals surface area contributed by atoms with Gasteiger partial charge in [-0.15, -0.1) is 0 Å². The van der Waals surface area contributed by atoms with E-state index in [1.165, 1.54) is 11.3 Å². The first-order valence-corrected chi connectivity index (χ1v) is 8.37. The zero-order valence-electron chi connectivity index (χ0n) is 14.6. The van der Waals surface area contributed by atoms with Crippen LogP contribution in [0.25, 0.3) is 6.08 Å². The summed E-state index contributed by atoms with van der Waals surface area (Å²) in [5.74, 6) is 0.790. The fourth-order valence-corrected chi connectivity index (χ4v) is 4.24. The van der Waals surface area contributed by atoms with Crippen molar-refractivity contribution in [3.8, 4) is 5.75 Å². The highest BCUT2D eigenvalue weighted by atomic mass is 16.5. The third-order valence-corrected chi connectivity index (χ3v) is 5.59. The lowest BCUT2D eigenvalue weighted by Crippen LogP contribution is -2.58. The molecule has 1 atom stereocenters. The number of aliphatic hydroxyl groups is 1. The number of benzene rings is 2. The maximum Gasteiger partial charge on any atom is 0.211 e. The molecule has 0 unspecified atom stereocenters. The molecule has 0 aliphatic carbocycles. The third-order valence-electron chi connectivity index (χ3n) is 5.59. The molecule has 4 rings (SSSR count). The number of hydrogen-bond donors (Lipinski definition) is 1. The number of hydrogen-bond acceptors (Lipinski definition) is 3. The van der Waals surface area contributed by atoms with Gasteiger partial charge in [-0.25, -0.2) is 0 Å². The van der Waals surface area contributed by atoms with Crippen molar-refractivity contribution in [2.75, 3.05) is 11.9 Å². The number of para-hydroxylation sites is 1. The third kappa shape index (κ3) is 1.76. The molecule has 1 N–H and O–H groups in total. The summed E-state index contributed by atoms with van der Waals surface area (Å²) in [5.41, 5.74) is 4.65. The molecule has 0 aromatic heterocycles. The van der Waals surface area contributed by atoms with E-state index in [0.717, 1.165) is 22.4 Å². The predicted octanol–water partition coefficient (Wildman–Crippen LogP) is 4.02. The van der Waals surface area contributed by atoms with Crippen LogP contribution >= 0.6 is 0 Å². The molecular formula is C21H23NO2. The first-order chi connectivity index (χ1) is 11.4. The number of aryl methyl sites for hydroxylation is 1. The Morgan fingerprint density at radius 3 is 2.62 bits per heavy atom. The van der Waals surface area contributed by atoms with Gasteiger partial charge < -0.3 is 14.7 Å². The van der Waals surface area contributed by atoms with E-state index in [-0.39, 0.29) is 12.0 Å². The van der Waals surface area contributed by atoms with Crippen LogP contribution in [0.5, 0.6) is 5.75 Å². The zero-order valence-corrected chi connectivity index (χ0v) is 14.6. The van der Waals surface area contributed by atoms with E-state index in [0.29, 0.717) is 0 Å². The molecule has 0 amide bonds. The molecule has 0 bridgehead atoms. The van der Waals surface area contributed by atoms with E-state index in [2.05, 4.69) is 68.3 Å². The van der Waals surface area contributed by atoms with Crippen LogP contribution < -0.4 is 9.64 Å². The topological polar surface area (TPSA) is 32.7 Å². The molecule has 124 valence electrons. The van der Waals surface area contributed by atoms with E-state index < -0.39 is 5.72 Å². The van der Waals surface area contributed by atoms with Crippen LogP contribution in [0, 0.1) is 6.92 Å². The maximum atomic E-state index is 9.80. The van der Waals surface area contributed by atoms with Crippen molar-refractivity contribution in [1.82, 2.24) is 0 Å². The second-order valence-corrected chi connectivity index (χ2v) is 7.33. The van der Waals surface area contributed by atoms with E-state index in [1.54, 1.807) is 0 Å². The highest BCUT2D eigenvalue weighted by molar-refractivity contribution is 5.73. The van der Waals surface area contributed by atoms with Crippen molar-refractivity contribution < 1.29 is 9.84 Å². The number of likely N-dealkylation sites (N-methyl/N-ethyl adjacent to an activating group) is 1. The molecule has 1 spiro atoms. The van der Waals surface area contributed by atoms with Crippen LogP contribution in [0.4, 0.5) is 5.69 Å². The molecule has 0 radical (unpaired) electrons. The molecule has 0 fully saturated rings. The van der Waals surface area contributed by atoms with Crippen LogP contribution in [-0.2, 0) is 12.0 Å². The molecule has 2 heterocycles. The summed E-state index contributed by atoms with van der Waals surface area (Å²) in [6, 6.07) is 12.6. The normalized spacial score (nSPS) is 23.1. The summed E-state index contributed by atoms with van der Waals surface area (Å²) in [7, 11) is 2.08. The molecule has 2 aromatic carbocycles. The van der Waals surface area contributed by atoms with Crippen molar-refractivity contribution in [2.45, 2.75) is 38.5 Å². The van der Waals surface area contributed by atoms with Crippen LogP contribution in [0.15, 0.2) is 42.5 Å². The lowest BCUT2D eigenvalue weighted by molar-refractivity contribution is 0.0556. The molecular weight excluding hydrogens is 298 g/mol. The number of anilines is 1. The Bertz CT molecular complexity index is 853. The predicted molar refractivity (Wildman–Crippen MR) is 97.4 cm³/mol. The fourth-order valence-electron chi connectivity index (χ4n) is 4.24. The quantitative estimate of drug-likeness (QED) is 0.861. The maximum absolute atomic E-state index is 9.80. The van der Waals surface area contributed by atoms with Crippen molar-refractivity contribution in [1.29, 1.82) is 0 Å². The average Bonchev–Trinajstić information content (AvgIpc) is 2.74. The lowest BCUT2D eigenvalue weighted by atomic mass is 9.76. The van der Waals surface area contributed by atoms with Crippen molar-refractivity contribution >= 4 is 11.8 Å². The molecule has 0 saturated carbocycles. The van der Waals surface area contributed by atoms with Gasteiger partial charge in [0.1, 0.15) is 5.75 Å². The number of fused-ring (bicyclic) bond motifs is 2. The molecule has 2 aliphatic rings. The molecule has 2 aromatic rings. The Labute approximate surface area is 143 Å². The van der Waals surface area contributed by atoms with Gasteiger partial charge in [-0.2, -0.15) is 0 Å².